The predicted octanol–water partition coefficient (Wildman–Crippen LogP) is 2.26. The Bertz CT molecular complexity index is 396. The average Bonchev–Trinajstić information content (AvgIpc) is 2.29. The van der Waals surface area contributed by atoms with E-state index in [1.165, 1.54) is 5.57 Å². The molecule has 0 amide bonds. The summed E-state index contributed by atoms with van der Waals surface area (Å²) in [5.41, 5.74) is 8.52. The lowest BCUT2D eigenvalue weighted by Gasteiger charge is -2.29. The first-order chi connectivity index (χ1) is 7.68. The number of nitrogens with zero attached hydrogens (tertiary/aromatic N) is 2. The van der Waals surface area contributed by atoms with Crippen LogP contribution in [-0.2, 0) is 0 Å². The van der Waals surface area contributed by atoms with Gasteiger partial charge in [0.2, 0.25) is 0 Å². The summed E-state index contributed by atoms with van der Waals surface area (Å²) in [4.78, 5) is 6.79. The molecule has 0 radical (unpaired) electrons. The van der Waals surface area contributed by atoms with Gasteiger partial charge in [-0.2, -0.15) is 0 Å². The highest BCUT2D eigenvalue weighted by atomic mass is 15.2. The Labute approximate surface area is 97.0 Å². The van der Waals surface area contributed by atoms with Crippen molar-refractivity contribution in [2.45, 2.75) is 26.3 Å². The molecule has 86 valence electrons. The van der Waals surface area contributed by atoms with E-state index in [9.17, 15) is 0 Å². The zero-order valence-electron chi connectivity index (χ0n) is 9.98. The quantitative estimate of drug-likeness (QED) is 0.773. The van der Waals surface area contributed by atoms with E-state index < -0.39 is 0 Å². The molecular formula is C13H19N3. The van der Waals surface area contributed by atoms with Gasteiger partial charge in [-0.1, -0.05) is 17.7 Å². The second kappa shape index (κ2) is 4.66. The van der Waals surface area contributed by atoms with E-state index in [2.05, 4.69) is 29.0 Å². The summed E-state index contributed by atoms with van der Waals surface area (Å²) in [6.45, 7) is 6.18. The summed E-state index contributed by atoms with van der Waals surface area (Å²) >= 11 is 0. The molecule has 1 atom stereocenters. The minimum absolute atomic E-state index is 0.0370. The van der Waals surface area contributed by atoms with Crippen LogP contribution < -0.4 is 10.6 Å². The van der Waals surface area contributed by atoms with Gasteiger partial charge < -0.3 is 10.6 Å². The van der Waals surface area contributed by atoms with Crippen molar-refractivity contribution in [2.24, 2.45) is 5.73 Å². The van der Waals surface area contributed by atoms with Crippen molar-refractivity contribution in [3.8, 4) is 0 Å². The van der Waals surface area contributed by atoms with E-state index in [4.69, 9.17) is 5.73 Å². The Hall–Kier alpha value is -1.35. The first-order valence-electron chi connectivity index (χ1n) is 5.79. The fourth-order valence-electron chi connectivity index (χ4n) is 2.12. The fourth-order valence-corrected chi connectivity index (χ4v) is 2.12. The van der Waals surface area contributed by atoms with Crippen molar-refractivity contribution in [1.29, 1.82) is 0 Å². The molecule has 1 aliphatic rings. The molecule has 16 heavy (non-hydrogen) atoms. The maximum atomic E-state index is 5.97. The minimum Gasteiger partial charge on any atom is -0.352 e. The van der Waals surface area contributed by atoms with Crippen LogP contribution in [0.1, 0.15) is 31.9 Å². The van der Waals surface area contributed by atoms with Crippen LogP contribution in [0.25, 0.3) is 0 Å². The van der Waals surface area contributed by atoms with Gasteiger partial charge in [-0.3, -0.25) is 0 Å². The first kappa shape index (κ1) is 11.1. The van der Waals surface area contributed by atoms with Crippen LogP contribution in [0.3, 0.4) is 0 Å². The van der Waals surface area contributed by atoms with Gasteiger partial charge in [-0.25, -0.2) is 4.98 Å². The number of nitrogens with two attached hydrogens (primary N) is 1. The highest BCUT2D eigenvalue weighted by Gasteiger charge is 2.16. The Kier molecular flexibility index (Phi) is 3.25. The van der Waals surface area contributed by atoms with Crippen molar-refractivity contribution in [3.63, 3.8) is 0 Å². The molecule has 2 N–H and O–H groups in total. The van der Waals surface area contributed by atoms with E-state index in [0.717, 1.165) is 30.9 Å². The summed E-state index contributed by atoms with van der Waals surface area (Å²) in [5.74, 6) is 1.05. The van der Waals surface area contributed by atoms with E-state index >= 15 is 0 Å². The number of aromatic nitrogens is 1. The Morgan fingerprint density at radius 1 is 1.50 bits per heavy atom. The molecule has 0 spiro atoms. The fraction of sp³-hybridized carbons (Fsp3) is 0.462. The van der Waals surface area contributed by atoms with Crippen molar-refractivity contribution in [2.75, 3.05) is 18.0 Å². The summed E-state index contributed by atoms with van der Waals surface area (Å²) in [6.07, 6.45) is 5.24. The van der Waals surface area contributed by atoms with Crippen molar-refractivity contribution in [3.05, 3.63) is 35.5 Å². The molecular weight excluding hydrogens is 198 g/mol. The minimum atomic E-state index is 0.0370. The largest absolute Gasteiger partial charge is 0.352 e. The first-order valence-corrected chi connectivity index (χ1v) is 5.79. The molecule has 1 aliphatic heterocycles. The molecule has 0 aliphatic carbocycles. The van der Waals surface area contributed by atoms with Gasteiger partial charge in [0, 0.05) is 30.9 Å². The highest BCUT2D eigenvalue weighted by molar-refractivity contribution is 5.50. The molecule has 3 heteroatoms. The zero-order chi connectivity index (χ0) is 11.5. The second-order valence-corrected chi connectivity index (χ2v) is 4.47. The highest BCUT2D eigenvalue weighted by Crippen LogP contribution is 2.24. The number of pyridine rings is 1. The average molecular weight is 217 g/mol. The molecule has 0 bridgehead atoms. The Balaban J connectivity index is 2.29. The van der Waals surface area contributed by atoms with Gasteiger partial charge in [0.15, 0.2) is 0 Å². The van der Waals surface area contributed by atoms with Crippen molar-refractivity contribution in [1.82, 2.24) is 4.98 Å². The van der Waals surface area contributed by atoms with E-state index in [1.807, 2.05) is 19.2 Å². The summed E-state index contributed by atoms with van der Waals surface area (Å²) in [6, 6.07) is 4.06. The van der Waals surface area contributed by atoms with Crippen LogP contribution in [0.4, 0.5) is 5.82 Å². The number of hydrogen-bond donors (Lipinski definition) is 1. The zero-order valence-corrected chi connectivity index (χ0v) is 9.98. The number of hydrogen-bond acceptors (Lipinski definition) is 3. The van der Waals surface area contributed by atoms with Gasteiger partial charge in [0.1, 0.15) is 5.82 Å². The lowest BCUT2D eigenvalue weighted by molar-refractivity contribution is 0.745. The van der Waals surface area contributed by atoms with Gasteiger partial charge in [-0.05, 0) is 26.3 Å². The molecule has 0 saturated carbocycles. The second-order valence-electron chi connectivity index (χ2n) is 4.47. The van der Waals surface area contributed by atoms with Crippen LogP contribution in [0.15, 0.2) is 30.0 Å². The molecule has 1 unspecified atom stereocenters. The summed E-state index contributed by atoms with van der Waals surface area (Å²) in [7, 11) is 0. The third-order valence-electron chi connectivity index (χ3n) is 2.94. The van der Waals surface area contributed by atoms with Gasteiger partial charge in [0.05, 0.1) is 0 Å². The standard InChI is InChI=1S/C13H19N3/c1-10-5-4-8-16(9-10)13-12(11(2)14)6-3-7-15-13/h3,5-7,11H,4,8-9,14H2,1-2H3. The molecule has 1 aromatic heterocycles. The van der Waals surface area contributed by atoms with Crippen molar-refractivity contribution < 1.29 is 0 Å². The van der Waals surface area contributed by atoms with E-state index in [1.54, 1.807) is 0 Å². The summed E-state index contributed by atoms with van der Waals surface area (Å²) in [5, 5.41) is 0. The Morgan fingerprint density at radius 3 is 3.00 bits per heavy atom. The van der Waals surface area contributed by atoms with Gasteiger partial charge >= 0.3 is 0 Å². The molecule has 2 heterocycles. The van der Waals surface area contributed by atoms with Gasteiger partial charge in [-0.15, -0.1) is 0 Å². The SMILES string of the molecule is CC1=CCCN(c2ncccc2C(C)N)C1. The van der Waals surface area contributed by atoms with Gasteiger partial charge in [0.25, 0.3) is 0 Å². The third kappa shape index (κ3) is 2.25. The number of rotatable bonds is 2. The topological polar surface area (TPSA) is 42.2 Å². The molecule has 0 saturated heterocycles. The molecule has 0 fully saturated rings. The van der Waals surface area contributed by atoms with Crippen molar-refractivity contribution >= 4 is 5.82 Å². The lowest BCUT2D eigenvalue weighted by Crippen LogP contribution is -2.31. The predicted molar refractivity (Wildman–Crippen MR) is 67.4 cm³/mol. The maximum absolute atomic E-state index is 5.97. The van der Waals surface area contributed by atoms with Crippen LogP contribution in [0.5, 0.6) is 0 Å². The molecule has 3 nitrogen and oxygen atoms in total. The third-order valence-corrected chi connectivity index (χ3v) is 2.94. The smallest absolute Gasteiger partial charge is 0.133 e. The number of anilines is 1. The van der Waals surface area contributed by atoms with E-state index in [-0.39, 0.29) is 6.04 Å². The van der Waals surface area contributed by atoms with Crippen LogP contribution in [0.2, 0.25) is 0 Å². The maximum Gasteiger partial charge on any atom is 0.133 e. The molecule has 2 rings (SSSR count). The monoisotopic (exact) mass is 217 g/mol. The lowest BCUT2D eigenvalue weighted by atomic mass is 10.1. The molecule has 1 aromatic rings. The normalized spacial score (nSPS) is 18.2. The summed E-state index contributed by atoms with van der Waals surface area (Å²) < 4.78 is 0. The van der Waals surface area contributed by atoms with E-state index in [0.29, 0.717) is 0 Å². The van der Waals surface area contributed by atoms with Crippen LogP contribution in [0, 0.1) is 0 Å². The molecule has 0 aromatic carbocycles. The van der Waals surface area contributed by atoms with Crippen LogP contribution >= 0.6 is 0 Å². The van der Waals surface area contributed by atoms with Crippen LogP contribution in [-0.4, -0.2) is 18.1 Å². The Morgan fingerprint density at radius 2 is 2.31 bits per heavy atom.